The zero-order valence-corrected chi connectivity index (χ0v) is 27.7. The minimum atomic E-state index is -4.78. The Morgan fingerprint density at radius 2 is 1.26 bits per heavy atom. The summed E-state index contributed by atoms with van der Waals surface area (Å²) in [6.45, 7) is 6.01. The molecule has 3 aromatic carbocycles. The van der Waals surface area contributed by atoms with Gasteiger partial charge >= 0.3 is 11.9 Å². The Hall–Kier alpha value is -3.65. The van der Waals surface area contributed by atoms with Crippen molar-refractivity contribution in [2.24, 2.45) is 0 Å². The number of ether oxygens (including phenoxy) is 2. The van der Waals surface area contributed by atoms with E-state index in [0.717, 1.165) is 31.9 Å². The summed E-state index contributed by atoms with van der Waals surface area (Å²) in [5.41, 5.74) is -2.95. The molecule has 2 fully saturated rings. The molecule has 0 N–H and O–H groups in total. The first-order valence-electron chi connectivity index (χ1n) is 15.1. The Morgan fingerprint density at radius 3 is 1.74 bits per heavy atom. The summed E-state index contributed by atoms with van der Waals surface area (Å²) in [5, 5.41) is 0. The van der Waals surface area contributed by atoms with Crippen molar-refractivity contribution < 1.29 is 40.3 Å². The summed E-state index contributed by atoms with van der Waals surface area (Å²) < 4.78 is 85.9. The molecule has 5 rings (SSSR count). The monoisotopic (exact) mass is 672 g/mol. The number of sulfonamides is 2. The highest BCUT2D eigenvalue weighted by Gasteiger charge is 2.80. The third-order valence-electron chi connectivity index (χ3n) is 8.83. The van der Waals surface area contributed by atoms with Crippen LogP contribution in [-0.4, -0.2) is 68.2 Å². The van der Waals surface area contributed by atoms with Gasteiger partial charge in [0.1, 0.15) is 5.82 Å². The Balaban J connectivity index is 1.90. The van der Waals surface area contributed by atoms with Crippen molar-refractivity contribution in [3.05, 3.63) is 95.3 Å². The fraction of sp³-hybridized carbons (Fsp3) is 0.394. The van der Waals surface area contributed by atoms with Crippen molar-refractivity contribution in [1.82, 2.24) is 8.61 Å². The number of carbonyl (C=O) groups excluding carboxylic acids is 2. The van der Waals surface area contributed by atoms with E-state index >= 15 is 0 Å². The van der Waals surface area contributed by atoms with Gasteiger partial charge in [-0.05, 0) is 88.9 Å². The number of nitrogens with zero attached hydrogens (tertiary/aromatic N) is 2. The number of hydrogen-bond donors (Lipinski definition) is 0. The number of benzene rings is 3. The molecule has 46 heavy (non-hydrogen) atoms. The molecule has 246 valence electrons. The second-order valence-corrected chi connectivity index (χ2v) is 15.2. The number of rotatable bonds is 9. The van der Waals surface area contributed by atoms with Crippen LogP contribution in [-0.2, 0) is 39.1 Å². The van der Waals surface area contributed by atoms with Crippen LogP contribution in [0.4, 0.5) is 4.39 Å². The summed E-state index contributed by atoms with van der Waals surface area (Å²) in [4.78, 5) is 28.8. The number of hydrogen-bond acceptors (Lipinski definition) is 8. The molecule has 0 aliphatic carbocycles. The van der Waals surface area contributed by atoms with Gasteiger partial charge in [0.2, 0.25) is 20.0 Å². The molecule has 3 aromatic rings. The topological polar surface area (TPSA) is 127 Å². The first-order valence-corrected chi connectivity index (χ1v) is 18.0. The maximum absolute atomic E-state index is 14.9. The van der Waals surface area contributed by atoms with Crippen LogP contribution in [0.15, 0.2) is 82.6 Å². The largest absolute Gasteiger partial charge is 0.464 e. The van der Waals surface area contributed by atoms with Gasteiger partial charge in [0.15, 0.2) is 0 Å². The highest BCUT2D eigenvalue weighted by molar-refractivity contribution is 7.89. The van der Waals surface area contributed by atoms with E-state index in [4.69, 9.17) is 9.47 Å². The second-order valence-electron chi connectivity index (χ2n) is 11.6. The quantitative estimate of drug-likeness (QED) is 0.237. The molecule has 13 heteroatoms. The van der Waals surface area contributed by atoms with E-state index in [2.05, 4.69) is 0 Å². The van der Waals surface area contributed by atoms with Crippen molar-refractivity contribution in [2.75, 3.05) is 19.8 Å². The molecule has 0 radical (unpaired) electrons. The van der Waals surface area contributed by atoms with Crippen LogP contribution >= 0.6 is 0 Å². The molecule has 2 aliphatic rings. The van der Waals surface area contributed by atoms with Crippen LogP contribution in [0.3, 0.4) is 0 Å². The van der Waals surface area contributed by atoms with E-state index in [9.17, 15) is 30.8 Å². The molecule has 0 unspecified atom stereocenters. The summed E-state index contributed by atoms with van der Waals surface area (Å²) >= 11 is 0. The Morgan fingerprint density at radius 1 is 0.783 bits per heavy atom. The fourth-order valence-electron chi connectivity index (χ4n) is 6.82. The van der Waals surface area contributed by atoms with Gasteiger partial charge in [-0.2, -0.15) is 8.61 Å². The highest BCUT2D eigenvalue weighted by Crippen LogP contribution is 2.60. The molecule has 0 amide bonds. The normalized spacial score (nSPS) is 21.8. The van der Waals surface area contributed by atoms with Gasteiger partial charge in [-0.25, -0.2) is 30.8 Å². The lowest BCUT2D eigenvalue weighted by Crippen LogP contribution is -2.73. The summed E-state index contributed by atoms with van der Waals surface area (Å²) in [5.74, 6) is -3.09. The van der Waals surface area contributed by atoms with Crippen LogP contribution in [0, 0.1) is 19.7 Å². The Kier molecular flexibility index (Phi) is 9.17. The Bertz CT molecular complexity index is 1810. The minimum Gasteiger partial charge on any atom is -0.464 e. The molecular formula is C33H37FN2O8S2. The van der Waals surface area contributed by atoms with Crippen LogP contribution in [0.5, 0.6) is 0 Å². The summed E-state index contributed by atoms with van der Waals surface area (Å²) in [6.07, 6.45) is -0.167. The van der Waals surface area contributed by atoms with Gasteiger partial charge in [0, 0.05) is 6.54 Å². The van der Waals surface area contributed by atoms with E-state index in [-0.39, 0.29) is 54.4 Å². The third kappa shape index (κ3) is 5.23. The van der Waals surface area contributed by atoms with Gasteiger partial charge in [-0.15, -0.1) is 0 Å². The van der Waals surface area contributed by atoms with Gasteiger partial charge in [-0.1, -0.05) is 47.5 Å². The van der Waals surface area contributed by atoms with Gasteiger partial charge in [0.25, 0.3) is 5.54 Å². The number of carbonyl (C=O) groups is 2. The average Bonchev–Trinajstić information content (AvgIpc) is 3.59. The fourth-order valence-corrected chi connectivity index (χ4v) is 10.6. The maximum atomic E-state index is 14.9. The van der Waals surface area contributed by atoms with E-state index in [0.29, 0.717) is 0 Å². The maximum Gasteiger partial charge on any atom is 0.341 e. The lowest BCUT2D eigenvalue weighted by Gasteiger charge is -2.46. The van der Waals surface area contributed by atoms with E-state index in [1.807, 2.05) is 0 Å². The second kappa shape index (κ2) is 12.5. The molecule has 10 nitrogen and oxygen atoms in total. The van der Waals surface area contributed by atoms with Gasteiger partial charge in [-0.3, -0.25) is 0 Å². The lowest BCUT2D eigenvalue weighted by atomic mass is 9.75. The molecule has 0 bridgehead atoms. The van der Waals surface area contributed by atoms with Gasteiger partial charge in [0.05, 0.1) is 34.6 Å². The van der Waals surface area contributed by atoms with Crippen molar-refractivity contribution in [1.29, 1.82) is 0 Å². The minimum absolute atomic E-state index is 0.0622. The van der Waals surface area contributed by atoms with Crippen LogP contribution in [0.1, 0.15) is 55.8 Å². The van der Waals surface area contributed by atoms with E-state index < -0.39 is 54.9 Å². The molecular weight excluding hydrogens is 636 g/mol. The smallest absolute Gasteiger partial charge is 0.341 e. The third-order valence-corrected chi connectivity index (χ3v) is 12.7. The molecule has 0 aromatic heterocycles. The lowest BCUT2D eigenvalue weighted by molar-refractivity contribution is -0.176. The van der Waals surface area contributed by atoms with Gasteiger partial charge < -0.3 is 9.47 Å². The van der Waals surface area contributed by atoms with Crippen molar-refractivity contribution >= 4 is 32.0 Å². The first-order chi connectivity index (χ1) is 21.8. The summed E-state index contributed by atoms with van der Waals surface area (Å²) in [6, 6.07) is 15.7. The van der Waals surface area contributed by atoms with E-state index in [1.54, 1.807) is 38.1 Å². The molecule has 2 saturated heterocycles. The average molecular weight is 673 g/mol. The molecule has 0 saturated carbocycles. The highest BCUT2D eigenvalue weighted by atomic mass is 32.2. The number of halogens is 1. The molecule has 2 heterocycles. The first kappa shape index (κ1) is 33.7. The van der Waals surface area contributed by atoms with Crippen molar-refractivity contribution in [2.45, 2.75) is 73.9 Å². The predicted octanol–water partition coefficient (Wildman–Crippen LogP) is 4.67. The molecule has 2 aliphatic heterocycles. The van der Waals surface area contributed by atoms with Crippen LogP contribution in [0.2, 0.25) is 0 Å². The molecule has 1 spiro atoms. The SMILES string of the molecule is CCOC(=O)C1(C(=O)OCC)N(S(=O)(=O)c2ccc(C)cc2)[C@@H](c2ccc(F)cc2)C[C@@]12CCCN2S(=O)(=O)c1ccc(C)cc1. The predicted molar refractivity (Wildman–Crippen MR) is 167 cm³/mol. The molecule has 2 atom stereocenters. The van der Waals surface area contributed by atoms with E-state index in [1.165, 1.54) is 50.2 Å². The Labute approximate surface area is 269 Å². The zero-order valence-electron chi connectivity index (χ0n) is 26.1. The number of esters is 2. The van der Waals surface area contributed by atoms with Crippen molar-refractivity contribution in [3.63, 3.8) is 0 Å². The number of aryl methyl sites for hydroxylation is 2. The van der Waals surface area contributed by atoms with Crippen LogP contribution in [0.25, 0.3) is 0 Å². The summed E-state index contributed by atoms with van der Waals surface area (Å²) in [7, 11) is -9.21. The van der Waals surface area contributed by atoms with Crippen LogP contribution < -0.4 is 0 Å². The standard InChI is InChI=1S/C33H37FN2O8S2/c1-5-43-30(37)33(31(38)44-6-2)32(20-7-21-35(32)45(39,40)27-16-8-23(3)9-17-27)22-29(25-12-14-26(34)15-13-25)36(33)46(41,42)28-18-10-24(4)11-19-28/h8-19,29H,5-7,20-22H2,1-4H3/t29-,32+/m1/s1. The van der Waals surface area contributed by atoms with Crippen molar-refractivity contribution in [3.8, 4) is 0 Å². The zero-order chi connectivity index (χ0) is 33.5.